The smallest absolute Gasteiger partial charge is 0.472 e. The zero-order chi connectivity index (χ0) is 65.0. The number of hydrogen-bond acceptors (Lipinski definition) is 15. The van der Waals surface area contributed by atoms with E-state index in [1.807, 2.05) is 61.5 Å². The summed E-state index contributed by atoms with van der Waals surface area (Å²) in [7, 11) is -5.04. The normalized spacial score (nSPS) is 36.5. The molecule has 2 aromatic rings. The first-order valence-electron chi connectivity index (χ1n) is 29.7. The number of nitrogens with one attached hydrogen (secondary N) is 1. The van der Waals surface area contributed by atoms with Gasteiger partial charge < -0.3 is 90.5 Å². The van der Waals surface area contributed by atoms with Gasteiger partial charge in [0.15, 0.2) is 6.23 Å². The van der Waals surface area contributed by atoms with E-state index >= 15 is 0 Å². The van der Waals surface area contributed by atoms with Gasteiger partial charge in [-0.25, -0.2) is 9.55 Å². The molecule has 7 amide bonds. The van der Waals surface area contributed by atoms with Crippen LogP contribution in [-0.4, -0.2) is 139 Å². The van der Waals surface area contributed by atoms with Crippen molar-refractivity contribution in [1.29, 1.82) is 0 Å². The second-order valence-corrected chi connectivity index (χ2v) is 27.7. The third kappa shape index (κ3) is 13.6. The number of carbonyl (C=O) groups excluding carboxylic acids is 7. The number of phenolic OH excluding ortho intramolecular Hbond substituents is 1. The molecule has 495 valence electrons. The minimum absolute atomic E-state index is 0. The van der Waals surface area contributed by atoms with Crippen LogP contribution in [0.25, 0.3) is 32.3 Å². The van der Waals surface area contributed by atoms with Gasteiger partial charge in [-0.2, -0.15) is 17.1 Å². The Morgan fingerprint density at radius 2 is 1.36 bits per heavy atom. The molecule has 28 nitrogen and oxygen atoms in total. The van der Waals surface area contributed by atoms with E-state index in [0.717, 1.165) is 0 Å². The van der Waals surface area contributed by atoms with E-state index in [4.69, 9.17) is 69.5 Å². The molecule has 5 saturated heterocycles. The molecule has 6 aliphatic rings. The summed E-state index contributed by atoms with van der Waals surface area (Å²) in [6.45, 7) is 13.5. The fourth-order valence-corrected chi connectivity index (χ4v) is 16.6. The Balaban J connectivity index is 0.0000113. The molecular formula is C59H86CoN13O15P-4. The number of aliphatic hydroxyl groups excluding tert-OH is 2. The van der Waals surface area contributed by atoms with Crippen LogP contribution in [0.5, 0.6) is 5.75 Å². The molecule has 0 aliphatic carbocycles. The Morgan fingerprint density at radius 3 is 1.96 bits per heavy atom. The molecule has 7 heterocycles. The number of nitrogens with zero attached hydrogens (tertiary/aromatic N) is 6. The van der Waals surface area contributed by atoms with Crippen molar-refractivity contribution in [1.82, 2.24) is 14.9 Å². The van der Waals surface area contributed by atoms with Crippen molar-refractivity contribution in [3.63, 3.8) is 0 Å². The molecular weight excluding hydrogens is 1220 g/mol. The third-order valence-electron chi connectivity index (χ3n) is 20.3. The minimum atomic E-state index is -5.04. The molecule has 17 N–H and O–H groups in total. The zero-order valence-electron chi connectivity index (χ0n) is 51.4. The fraction of sp³-hybridized carbons (Fsp3) is 0.661. The van der Waals surface area contributed by atoms with E-state index in [2.05, 4.69) is 10.3 Å². The molecule has 0 saturated carbocycles. The summed E-state index contributed by atoms with van der Waals surface area (Å²) in [6, 6.07) is 1.00. The number of hydrogen-bond donors (Lipinski definition) is 11. The number of phenols is 1. The van der Waals surface area contributed by atoms with Gasteiger partial charge in [0.25, 0.3) is 0 Å². The van der Waals surface area contributed by atoms with Crippen molar-refractivity contribution in [2.45, 2.75) is 180 Å². The molecule has 5 fully saturated rings. The molecule has 4 unspecified atom stereocenters. The quantitative estimate of drug-likeness (QED) is 0.0474. The number of amides is 7. The number of phosphoric ester groups is 1. The van der Waals surface area contributed by atoms with Gasteiger partial charge in [-0.05, 0) is 97.0 Å². The van der Waals surface area contributed by atoms with Crippen LogP contribution < -0.4 is 39.7 Å². The molecule has 1 aromatic carbocycles. The predicted molar refractivity (Wildman–Crippen MR) is 321 cm³/mol. The van der Waals surface area contributed by atoms with Crippen LogP contribution in [0.1, 0.15) is 132 Å². The molecule has 30 heteroatoms. The van der Waals surface area contributed by atoms with Crippen molar-refractivity contribution in [2.75, 3.05) is 19.8 Å². The van der Waals surface area contributed by atoms with Crippen LogP contribution in [0, 0.1) is 45.3 Å². The number of aromatic hydroxyl groups is 1. The predicted octanol–water partition coefficient (Wildman–Crippen LogP) is 3.55. The summed E-state index contributed by atoms with van der Waals surface area (Å²) in [5.74, 6) is -7.03. The van der Waals surface area contributed by atoms with Gasteiger partial charge in [-0.3, -0.25) is 42.6 Å². The Hall–Kier alpha value is -6.14. The molecule has 1 radical (unpaired) electrons. The number of imidazole rings is 1. The number of aliphatic hydroxyl groups is 2. The fourth-order valence-electron chi connectivity index (χ4n) is 15.7. The number of benzene rings is 1. The second-order valence-electron chi connectivity index (χ2n) is 26.3. The SMILES string of the molecule is C/C1=C2/[N-][C@H]([C@H](CC(N)=O)[C@@]2(C)CCC(=O)NCCOP(=O)(O)O[C@H]2[C@@H](O)[C@@H](n3cnc4ccc(O)cc43)O[C@@H]2CO)[C@]2(C)[N-]C(/C(C)=C3\[N-]C(/C=C4\[N-]C1[C@@H](CCC(N)=O)C4(C)C)[C@@H](CCC(N)=O)[C@]3(C)CC(N)=O)[C@@H](CCC(N)=O)[C@]2(C)CC(N)=O.[Co]. The largest absolute Gasteiger partial charge is 0.685 e. The van der Waals surface area contributed by atoms with Crippen LogP contribution in [0.3, 0.4) is 0 Å². The number of primary amides is 6. The Kier molecular flexibility index (Phi) is 21.0. The van der Waals surface area contributed by atoms with Gasteiger partial charge in [0, 0.05) is 74.3 Å². The molecule has 0 spiro atoms. The molecule has 17 atom stereocenters. The van der Waals surface area contributed by atoms with Crippen molar-refractivity contribution < 1.29 is 88.9 Å². The maximum atomic E-state index is 14.2. The van der Waals surface area contributed by atoms with E-state index in [0.29, 0.717) is 39.3 Å². The number of aromatic nitrogens is 2. The topological polar surface area (TPSA) is 488 Å². The van der Waals surface area contributed by atoms with Gasteiger partial charge in [-0.15, -0.1) is 34.8 Å². The number of nitrogens with two attached hydrogens (primary N) is 6. The minimum Gasteiger partial charge on any atom is -0.685 e. The maximum absolute atomic E-state index is 14.2. The van der Waals surface area contributed by atoms with E-state index < -0.39 is 162 Å². The maximum Gasteiger partial charge on any atom is 0.472 e. The van der Waals surface area contributed by atoms with E-state index in [-0.39, 0.29) is 99.7 Å². The summed E-state index contributed by atoms with van der Waals surface area (Å²) in [6.07, 6.45) is -3.25. The molecule has 8 rings (SSSR count). The van der Waals surface area contributed by atoms with E-state index in [1.165, 1.54) is 29.1 Å². The molecule has 89 heavy (non-hydrogen) atoms. The zero-order valence-corrected chi connectivity index (χ0v) is 53.4. The van der Waals surface area contributed by atoms with Crippen molar-refractivity contribution in [2.24, 2.45) is 79.7 Å². The summed E-state index contributed by atoms with van der Waals surface area (Å²) >= 11 is 0. The first kappa shape index (κ1) is 70.3. The van der Waals surface area contributed by atoms with Crippen molar-refractivity contribution in [3.8, 4) is 5.75 Å². The van der Waals surface area contributed by atoms with Gasteiger partial charge >= 0.3 is 7.82 Å². The monoisotopic (exact) mass is 1310 g/mol. The number of rotatable bonds is 26. The summed E-state index contributed by atoms with van der Waals surface area (Å²) in [4.78, 5) is 108. The first-order chi connectivity index (χ1) is 41.0. The molecule has 1 aromatic heterocycles. The van der Waals surface area contributed by atoms with Crippen LogP contribution in [0.15, 0.2) is 58.8 Å². The van der Waals surface area contributed by atoms with Crippen LogP contribution in [0.2, 0.25) is 0 Å². The van der Waals surface area contributed by atoms with E-state index in [1.54, 1.807) is 0 Å². The van der Waals surface area contributed by atoms with Crippen LogP contribution >= 0.6 is 7.82 Å². The molecule has 6 aliphatic heterocycles. The van der Waals surface area contributed by atoms with Gasteiger partial charge in [-0.1, -0.05) is 53.6 Å². The Bertz CT molecular complexity index is 3250. The second kappa shape index (κ2) is 26.6. The number of fused-ring (bicyclic) bond motifs is 10. The summed E-state index contributed by atoms with van der Waals surface area (Å²) in [5.41, 5.74) is 33.7. The van der Waals surface area contributed by atoms with E-state index in [9.17, 15) is 58.3 Å². The summed E-state index contributed by atoms with van der Waals surface area (Å²) < 4.78 is 31.3. The van der Waals surface area contributed by atoms with Crippen LogP contribution in [-0.2, 0) is 68.7 Å². The van der Waals surface area contributed by atoms with Gasteiger partial charge in [0.1, 0.15) is 24.1 Å². The van der Waals surface area contributed by atoms with Crippen molar-refractivity contribution in [3.05, 3.63) is 80.1 Å². The number of phosphoric acid groups is 1. The third-order valence-corrected chi connectivity index (χ3v) is 21.4. The average molecular weight is 1310 g/mol. The standard InChI is InChI=1S/C59H86N13O15P.Co/c1-28-47-32(11-15-41(61)76)55(3,4)39(69-47)23-36-31(10-14-40(60)75)57(6,24-44(64)79)52(68-36)29(2)48-33(12-16-42(62)77)58(7,25-45(65)80)59(8,71-48)53-34(22-43(63)78)56(5,51(28)70-53)18-17-46(81)66-19-20-85-88(83,84)87-50-38(26-73)86-54(49(50)82)72-27-67-35-13-9-30(74)21-37(35)72;/h9,13,21,23,27,31-34,36,38,47-50,53-54,73-74,82H,10-12,14-20,22,24-26H2,1-8H3,(H2,60,75)(H2,61,76)(H2,62,77)(H2,63,78)(H2,64,79)(H2,65,80)(H,66,81)(H,83,84);/q-4;/b39-23-,51-28-,52-29-;/t31-,32-,33-,34+,36?,38-,47?,48?,49-,50-,53-,54+,56-,57+,58+,59+;/m1./s1. The van der Waals surface area contributed by atoms with Crippen molar-refractivity contribution >= 4 is 60.2 Å². The van der Waals surface area contributed by atoms with Crippen LogP contribution in [0.4, 0.5) is 0 Å². The summed E-state index contributed by atoms with van der Waals surface area (Å²) in [5, 5.41) is 56.6. The Morgan fingerprint density at radius 1 is 0.764 bits per heavy atom. The molecule has 8 bridgehead atoms. The number of allylic oxidation sites excluding steroid dienone is 3. The Labute approximate surface area is 527 Å². The van der Waals surface area contributed by atoms with Gasteiger partial charge in [0.05, 0.1) is 30.6 Å². The number of carbonyl (C=O) groups is 7. The van der Waals surface area contributed by atoms with Gasteiger partial charge in [0.2, 0.25) is 41.4 Å². The first-order valence-corrected chi connectivity index (χ1v) is 31.2. The number of ether oxygens (including phenoxy) is 1. The average Bonchev–Trinajstić information content (AvgIpc) is 1.54.